The molecule has 3 N–H and O–H groups in total. The van der Waals surface area contributed by atoms with Gasteiger partial charge >= 0.3 is 0 Å². The number of nitrogen functional groups attached to an aromatic ring is 1. The number of rotatable bonds is 7. The SMILES string of the molecule is Nn1c(SCC(=O)N[C@H](c2ccccc2)c2cccs2)nnc1C1CC1. The fourth-order valence-corrected chi connectivity index (χ4v) is 4.24. The molecule has 2 heterocycles. The van der Waals surface area contributed by atoms with Gasteiger partial charge in [-0.25, -0.2) is 4.68 Å². The summed E-state index contributed by atoms with van der Waals surface area (Å²) in [6.07, 6.45) is 2.22. The Bertz CT molecular complexity index is 874. The third kappa shape index (κ3) is 3.76. The van der Waals surface area contributed by atoms with Crippen molar-refractivity contribution in [3.8, 4) is 0 Å². The third-order valence-electron chi connectivity index (χ3n) is 4.23. The summed E-state index contributed by atoms with van der Waals surface area (Å²) in [5.41, 5.74) is 1.06. The Morgan fingerprint density at radius 2 is 2.08 bits per heavy atom. The van der Waals surface area contributed by atoms with Crippen LogP contribution in [0.3, 0.4) is 0 Å². The third-order valence-corrected chi connectivity index (χ3v) is 6.11. The van der Waals surface area contributed by atoms with Crippen molar-refractivity contribution in [3.05, 3.63) is 64.1 Å². The lowest BCUT2D eigenvalue weighted by Gasteiger charge is -2.18. The van der Waals surface area contributed by atoms with Crippen LogP contribution in [-0.4, -0.2) is 26.5 Å². The van der Waals surface area contributed by atoms with Gasteiger partial charge in [-0.05, 0) is 29.9 Å². The molecule has 1 atom stereocenters. The average molecular weight is 386 g/mol. The van der Waals surface area contributed by atoms with E-state index in [4.69, 9.17) is 5.84 Å². The molecule has 3 aromatic rings. The Kier molecular flexibility index (Phi) is 4.94. The number of hydrogen-bond donors (Lipinski definition) is 2. The van der Waals surface area contributed by atoms with E-state index in [0.29, 0.717) is 11.1 Å². The van der Waals surface area contributed by atoms with Crippen LogP contribution in [-0.2, 0) is 4.79 Å². The van der Waals surface area contributed by atoms with Crippen LogP contribution < -0.4 is 11.2 Å². The second kappa shape index (κ2) is 7.51. The number of amides is 1. The second-order valence-electron chi connectivity index (χ2n) is 6.20. The molecule has 1 fully saturated rings. The van der Waals surface area contributed by atoms with Crippen molar-refractivity contribution in [1.29, 1.82) is 0 Å². The maximum atomic E-state index is 12.5. The van der Waals surface area contributed by atoms with Gasteiger partial charge in [0.05, 0.1) is 11.8 Å². The zero-order valence-electron chi connectivity index (χ0n) is 14.0. The molecule has 0 radical (unpaired) electrons. The molecule has 1 saturated carbocycles. The van der Waals surface area contributed by atoms with E-state index in [0.717, 1.165) is 29.1 Å². The van der Waals surface area contributed by atoms with Crippen molar-refractivity contribution in [1.82, 2.24) is 20.2 Å². The maximum Gasteiger partial charge on any atom is 0.231 e. The second-order valence-corrected chi connectivity index (χ2v) is 8.12. The summed E-state index contributed by atoms with van der Waals surface area (Å²) in [6.45, 7) is 0. The van der Waals surface area contributed by atoms with Gasteiger partial charge in [0.25, 0.3) is 0 Å². The smallest absolute Gasteiger partial charge is 0.231 e. The molecule has 0 unspecified atom stereocenters. The van der Waals surface area contributed by atoms with E-state index in [1.807, 2.05) is 47.8 Å². The van der Waals surface area contributed by atoms with Gasteiger partial charge in [-0.15, -0.1) is 21.5 Å². The monoisotopic (exact) mass is 385 g/mol. The minimum Gasteiger partial charge on any atom is -0.344 e. The first-order valence-electron chi connectivity index (χ1n) is 8.43. The van der Waals surface area contributed by atoms with Crippen LogP contribution in [0.1, 0.15) is 41.1 Å². The van der Waals surface area contributed by atoms with Crippen LogP contribution in [0, 0.1) is 0 Å². The molecule has 1 aliphatic rings. The number of thioether (sulfide) groups is 1. The summed E-state index contributed by atoms with van der Waals surface area (Å²) < 4.78 is 1.52. The molecular formula is C18H19N5OS2. The van der Waals surface area contributed by atoms with Crippen LogP contribution in [0.2, 0.25) is 0 Å². The van der Waals surface area contributed by atoms with Gasteiger partial charge in [-0.3, -0.25) is 4.79 Å². The lowest BCUT2D eigenvalue weighted by Crippen LogP contribution is -2.30. The van der Waals surface area contributed by atoms with E-state index < -0.39 is 0 Å². The highest BCUT2D eigenvalue weighted by Crippen LogP contribution is 2.39. The van der Waals surface area contributed by atoms with Gasteiger partial charge in [0.2, 0.25) is 11.1 Å². The summed E-state index contributed by atoms with van der Waals surface area (Å²) >= 11 is 2.94. The van der Waals surface area contributed by atoms with Gasteiger partial charge in [-0.1, -0.05) is 48.2 Å². The molecule has 0 aliphatic heterocycles. The number of nitrogens with zero attached hydrogens (tertiary/aromatic N) is 3. The summed E-state index contributed by atoms with van der Waals surface area (Å²) in [6, 6.07) is 13.9. The Morgan fingerprint density at radius 3 is 2.77 bits per heavy atom. The molecule has 1 amide bonds. The number of benzene rings is 1. The maximum absolute atomic E-state index is 12.5. The Morgan fingerprint density at radius 1 is 1.27 bits per heavy atom. The summed E-state index contributed by atoms with van der Waals surface area (Å²) in [7, 11) is 0. The van der Waals surface area contributed by atoms with E-state index in [1.54, 1.807) is 11.3 Å². The molecule has 0 saturated heterocycles. The first-order valence-corrected chi connectivity index (χ1v) is 10.3. The van der Waals surface area contributed by atoms with Crippen molar-refractivity contribution in [2.45, 2.75) is 30.0 Å². The van der Waals surface area contributed by atoms with Gasteiger partial charge in [0, 0.05) is 10.8 Å². The molecule has 4 rings (SSSR count). The minimum absolute atomic E-state index is 0.0618. The zero-order chi connectivity index (χ0) is 17.9. The normalized spacial score (nSPS) is 14.9. The quantitative estimate of drug-likeness (QED) is 0.482. The summed E-state index contributed by atoms with van der Waals surface area (Å²) in [4.78, 5) is 13.6. The molecule has 0 spiro atoms. The van der Waals surface area contributed by atoms with Crippen molar-refractivity contribution in [3.63, 3.8) is 0 Å². The first kappa shape index (κ1) is 17.1. The number of nitrogens with two attached hydrogens (primary N) is 1. The molecule has 0 bridgehead atoms. The van der Waals surface area contributed by atoms with E-state index in [-0.39, 0.29) is 17.7 Å². The molecule has 1 aromatic carbocycles. The van der Waals surface area contributed by atoms with Gasteiger partial charge < -0.3 is 11.2 Å². The highest BCUT2D eigenvalue weighted by molar-refractivity contribution is 7.99. The number of carbonyl (C=O) groups is 1. The predicted octanol–water partition coefficient (Wildman–Crippen LogP) is 2.93. The summed E-state index contributed by atoms with van der Waals surface area (Å²) in [5.74, 6) is 7.46. The largest absolute Gasteiger partial charge is 0.344 e. The van der Waals surface area contributed by atoms with Crippen molar-refractivity contribution in [2.24, 2.45) is 0 Å². The topological polar surface area (TPSA) is 85.8 Å². The van der Waals surface area contributed by atoms with E-state index in [2.05, 4.69) is 15.5 Å². The van der Waals surface area contributed by atoms with E-state index in [1.165, 1.54) is 16.4 Å². The fraction of sp³-hybridized carbons (Fsp3) is 0.278. The average Bonchev–Trinajstić information content (AvgIpc) is 3.22. The molecule has 1 aliphatic carbocycles. The van der Waals surface area contributed by atoms with Gasteiger partial charge in [0.1, 0.15) is 0 Å². The Balaban J connectivity index is 1.42. The minimum atomic E-state index is -0.151. The van der Waals surface area contributed by atoms with E-state index in [9.17, 15) is 4.79 Å². The van der Waals surface area contributed by atoms with Gasteiger partial charge in [0.15, 0.2) is 5.82 Å². The predicted molar refractivity (Wildman–Crippen MR) is 104 cm³/mol. The summed E-state index contributed by atoms with van der Waals surface area (Å²) in [5, 5.41) is 14.0. The molecule has 6 nitrogen and oxygen atoms in total. The van der Waals surface area contributed by atoms with Crippen molar-refractivity contribution < 1.29 is 4.79 Å². The van der Waals surface area contributed by atoms with Gasteiger partial charge in [-0.2, -0.15) is 0 Å². The number of carbonyl (C=O) groups excluding carboxylic acids is 1. The molecule has 134 valence electrons. The molecular weight excluding hydrogens is 366 g/mol. The van der Waals surface area contributed by atoms with Crippen molar-refractivity contribution >= 4 is 29.0 Å². The van der Waals surface area contributed by atoms with E-state index >= 15 is 0 Å². The van der Waals surface area contributed by atoms with Crippen LogP contribution in [0.5, 0.6) is 0 Å². The fourth-order valence-electron chi connectivity index (χ4n) is 2.76. The van der Waals surface area contributed by atoms with Crippen LogP contribution in [0.25, 0.3) is 0 Å². The first-order chi connectivity index (χ1) is 12.7. The highest BCUT2D eigenvalue weighted by atomic mass is 32.2. The lowest BCUT2D eigenvalue weighted by atomic mass is 10.1. The Hall–Kier alpha value is -2.32. The number of hydrogen-bond acceptors (Lipinski definition) is 6. The molecule has 8 heteroatoms. The lowest BCUT2D eigenvalue weighted by molar-refractivity contribution is -0.119. The Labute approximate surface area is 159 Å². The number of nitrogens with one attached hydrogen (secondary N) is 1. The van der Waals surface area contributed by atoms with Crippen LogP contribution in [0.15, 0.2) is 53.0 Å². The van der Waals surface area contributed by atoms with Crippen molar-refractivity contribution in [2.75, 3.05) is 11.6 Å². The molecule has 26 heavy (non-hydrogen) atoms. The highest BCUT2D eigenvalue weighted by Gasteiger charge is 2.30. The van der Waals surface area contributed by atoms with Crippen LogP contribution >= 0.6 is 23.1 Å². The zero-order valence-corrected chi connectivity index (χ0v) is 15.7. The number of thiophene rings is 1. The standard InChI is InChI=1S/C18H19N5OS2/c19-23-17(13-8-9-13)21-22-18(23)26-11-15(24)20-16(14-7-4-10-25-14)12-5-2-1-3-6-12/h1-7,10,13,16H,8-9,11,19H2,(H,20,24)/t16-/m1/s1. The molecule has 2 aromatic heterocycles. The van der Waals surface area contributed by atoms with Crippen LogP contribution in [0.4, 0.5) is 0 Å². The number of aromatic nitrogens is 3.